The summed E-state index contributed by atoms with van der Waals surface area (Å²) in [5.41, 5.74) is 5.19. The number of anilines is 3. The highest BCUT2D eigenvalue weighted by Gasteiger charge is 2.28. The molecule has 3 aromatic rings. The van der Waals surface area contributed by atoms with E-state index in [0.717, 1.165) is 29.9 Å². The number of carbonyl (C=O) groups excluding carboxylic acids is 2. The lowest BCUT2D eigenvalue weighted by molar-refractivity contribution is -0.110. The zero-order valence-electron chi connectivity index (χ0n) is 18.9. The largest absolute Gasteiger partial charge is 0.453 e. The van der Waals surface area contributed by atoms with Gasteiger partial charge in [-0.15, -0.1) is 0 Å². The minimum Gasteiger partial charge on any atom is -0.453 e. The minimum atomic E-state index is -0.576. The molecular formula is C26H25FN4O3. The average molecular weight is 461 g/mol. The Kier molecular flexibility index (Phi) is 6.89. The molecule has 0 aliphatic carbocycles. The van der Waals surface area contributed by atoms with Gasteiger partial charge in [-0.3, -0.25) is 10.1 Å². The van der Waals surface area contributed by atoms with Gasteiger partial charge in [-0.1, -0.05) is 31.2 Å². The molecule has 0 fully saturated rings. The van der Waals surface area contributed by atoms with E-state index in [1.165, 1.54) is 19.2 Å². The third-order valence-electron chi connectivity index (χ3n) is 5.38. The van der Waals surface area contributed by atoms with E-state index in [9.17, 15) is 14.0 Å². The molecule has 1 heterocycles. The highest BCUT2D eigenvalue weighted by atomic mass is 19.1. The molecule has 0 radical (unpaired) electrons. The Morgan fingerprint density at radius 2 is 1.65 bits per heavy atom. The summed E-state index contributed by atoms with van der Waals surface area (Å²) in [5, 5.41) is 12.0. The van der Waals surface area contributed by atoms with E-state index < -0.39 is 11.9 Å². The van der Waals surface area contributed by atoms with Crippen molar-refractivity contribution < 1.29 is 18.7 Å². The number of nitrogens with one attached hydrogen (secondary N) is 4. The fraction of sp³-hybridized carbons (Fsp3) is 0.154. The van der Waals surface area contributed by atoms with Gasteiger partial charge < -0.3 is 20.7 Å². The number of carbonyl (C=O) groups is 2. The van der Waals surface area contributed by atoms with Gasteiger partial charge in [-0.25, -0.2) is 9.18 Å². The fourth-order valence-corrected chi connectivity index (χ4v) is 3.68. The number of ether oxygens (including phenoxy) is 1. The van der Waals surface area contributed by atoms with Crippen LogP contribution in [0.5, 0.6) is 0 Å². The summed E-state index contributed by atoms with van der Waals surface area (Å²) >= 11 is 0. The van der Waals surface area contributed by atoms with Gasteiger partial charge in [0.15, 0.2) is 0 Å². The second kappa shape index (κ2) is 10.2. The predicted octanol–water partition coefficient (Wildman–Crippen LogP) is 5.05. The number of methoxy groups -OCH3 is 1. The molecule has 34 heavy (non-hydrogen) atoms. The van der Waals surface area contributed by atoms with Gasteiger partial charge in [0.05, 0.1) is 24.1 Å². The van der Waals surface area contributed by atoms with Crippen molar-refractivity contribution in [2.45, 2.75) is 13.5 Å². The molecule has 0 unspecified atom stereocenters. The predicted molar refractivity (Wildman–Crippen MR) is 132 cm³/mol. The van der Waals surface area contributed by atoms with Crippen LogP contribution >= 0.6 is 0 Å². The third-order valence-corrected chi connectivity index (χ3v) is 5.38. The summed E-state index contributed by atoms with van der Waals surface area (Å²) in [7, 11) is 1.29. The summed E-state index contributed by atoms with van der Waals surface area (Å²) in [4.78, 5) is 24.5. The maximum absolute atomic E-state index is 13.8. The van der Waals surface area contributed by atoms with Crippen molar-refractivity contribution in [2.75, 3.05) is 29.6 Å². The molecule has 3 aromatic carbocycles. The van der Waals surface area contributed by atoms with Crippen molar-refractivity contribution in [3.63, 3.8) is 0 Å². The first-order chi connectivity index (χ1) is 16.5. The number of hydrogen-bond donors (Lipinski definition) is 4. The second-order valence-corrected chi connectivity index (χ2v) is 7.69. The van der Waals surface area contributed by atoms with Crippen molar-refractivity contribution in [1.29, 1.82) is 0 Å². The lowest BCUT2D eigenvalue weighted by Crippen LogP contribution is -2.12. The summed E-state index contributed by atoms with van der Waals surface area (Å²) < 4.78 is 18.4. The van der Waals surface area contributed by atoms with Crippen LogP contribution in [0.4, 0.5) is 26.2 Å². The van der Waals surface area contributed by atoms with Crippen LogP contribution in [0.2, 0.25) is 0 Å². The first-order valence-corrected chi connectivity index (χ1v) is 10.9. The van der Waals surface area contributed by atoms with Crippen molar-refractivity contribution in [3.8, 4) is 0 Å². The fourth-order valence-electron chi connectivity index (χ4n) is 3.68. The highest BCUT2D eigenvalue weighted by Crippen LogP contribution is 2.38. The van der Waals surface area contributed by atoms with Crippen LogP contribution in [0.3, 0.4) is 0 Å². The van der Waals surface area contributed by atoms with Crippen LogP contribution in [0, 0.1) is 5.82 Å². The van der Waals surface area contributed by atoms with Crippen LogP contribution in [0.15, 0.2) is 66.7 Å². The summed E-state index contributed by atoms with van der Waals surface area (Å²) in [6.07, 6.45) is -0.576. The topological polar surface area (TPSA) is 91.5 Å². The Bertz CT molecular complexity index is 1240. The smallest absolute Gasteiger partial charge is 0.411 e. The Hall–Kier alpha value is -4.17. The van der Waals surface area contributed by atoms with Crippen LogP contribution in [-0.2, 0) is 16.1 Å². The van der Waals surface area contributed by atoms with Crippen molar-refractivity contribution >= 4 is 40.3 Å². The second-order valence-electron chi connectivity index (χ2n) is 7.69. The molecule has 2 amide bonds. The maximum Gasteiger partial charge on any atom is 0.411 e. The van der Waals surface area contributed by atoms with Crippen LogP contribution < -0.4 is 21.3 Å². The molecule has 0 saturated carbocycles. The van der Waals surface area contributed by atoms with Crippen molar-refractivity contribution in [1.82, 2.24) is 5.32 Å². The van der Waals surface area contributed by atoms with Gasteiger partial charge in [0.1, 0.15) is 5.82 Å². The molecule has 1 aliphatic heterocycles. The molecule has 0 spiro atoms. The monoisotopic (exact) mass is 460 g/mol. The summed E-state index contributed by atoms with van der Waals surface area (Å²) in [6.45, 7) is 3.70. The Morgan fingerprint density at radius 3 is 2.32 bits per heavy atom. The molecule has 8 heteroatoms. The Morgan fingerprint density at radius 1 is 0.971 bits per heavy atom. The quantitative estimate of drug-likeness (QED) is 0.371. The zero-order valence-corrected chi connectivity index (χ0v) is 18.9. The number of fused-ring (bicyclic) bond motifs is 1. The number of benzene rings is 3. The normalized spacial score (nSPS) is 13.7. The lowest BCUT2D eigenvalue weighted by Gasteiger charge is -2.16. The Balaban J connectivity index is 1.74. The number of rotatable bonds is 7. The molecule has 0 bridgehead atoms. The summed E-state index contributed by atoms with van der Waals surface area (Å²) in [5.74, 6) is -0.757. The number of hydrogen-bond acceptors (Lipinski definition) is 5. The van der Waals surface area contributed by atoms with E-state index in [1.807, 2.05) is 24.3 Å². The van der Waals surface area contributed by atoms with Gasteiger partial charge >= 0.3 is 6.09 Å². The first kappa shape index (κ1) is 23.0. The Labute approximate surface area is 197 Å². The molecule has 7 nitrogen and oxygen atoms in total. The van der Waals surface area contributed by atoms with E-state index in [2.05, 4.69) is 32.9 Å². The van der Waals surface area contributed by atoms with E-state index in [4.69, 9.17) is 0 Å². The molecule has 4 N–H and O–H groups in total. The van der Waals surface area contributed by atoms with Crippen molar-refractivity contribution in [3.05, 3.63) is 89.2 Å². The lowest BCUT2D eigenvalue weighted by atomic mass is 9.99. The number of halogens is 1. The highest BCUT2D eigenvalue weighted by molar-refractivity contribution is 6.37. The first-order valence-electron chi connectivity index (χ1n) is 10.9. The molecule has 174 valence electrons. The maximum atomic E-state index is 13.8. The standard InChI is InChI=1S/C26H25FN4O3/c1-3-28-15-16-4-9-19(10-5-16)29-24(17-6-11-20(12-7-17)30-26(33)34-2)23-21-13-8-18(27)14-22(21)31-25(23)32/h4-14,28-29H,3,15H2,1-2H3,(H,30,33)(H,31,32)/b24-23-. The van der Waals surface area contributed by atoms with E-state index in [-0.39, 0.29) is 5.91 Å². The molecule has 4 rings (SSSR count). The summed E-state index contributed by atoms with van der Waals surface area (Å²) in [6, 6.07) is 19.1. The van der Waals surface area contributed by atoms with Crippen LogP contribution in [0.1, 0.15) is 23.6 Å². The van der Waals surface area contributed by atoms with Gasteiger partial charge in [-0.05, 0) is 60.1 Å². The van der Waals surface area contributed by atoms with Gasteiger partial charge in [-0.2, -0.15) is 0 Å². The van der Waals surface area contributed by atoms with Crippen LogP contribution in [0.25, 0.3) is 11.3 Å². The molecule has 1 aliphatic rings. The van der Waals surface area contributed by atoms with Gasteiger partial charge in [0, 0.05) is 23.5 Å². The molecular weight excluding hydrogens is 435 g/mol. The molecule has 0 atom stereocenters. The van der Waals surface area contributed by atoms with Gasteiger partial charge in [0.2, 0.25) is 0 Å². The van der Waals surface area contributed by atoms with E-state index >= 15 is 0 Å². The van der Waals surface area contributed by atoms with Gasteiger partial charge in [0.25, 0.3) is 5.91 Å². The SMILES string of the molecule is CCNCc1ccc(N/C(=C2\C(=O)Nc3cc(F)ccc32)c2ccc(NC(=O)OC)cc2)cc1. The molecule has 0 saturated heterocycles. The van der Waals surface area contributed by atoms with Crippen molar-refractivity contribution in [2.24, 2.45) is 0 Å². The van der Waals surface area contributed by atoms with E-state index in [1.54, 1.807) is 30.3 Å². The molecule has 0 aromatic heterocycles. The third kappa shape index (κ3) is 5.07. The van der Waals surface area contributed by atoms with E-state index in [0.29, 0.717) is 28.2 Å². The number of amides is 2. The average Bonchev–Trinajstić information content (AvgIpc) is 3.17. The zero-order chi connectivity index (χ0) is 24.1. The van der Waals surface area contributed by atoms with Crippen LogP contribution in [-0.4, -0.2) is 25.7 Å². The minimum absolute atomic E-state index is 0.330.